The fourth-order valence-corrected chi connectivity index (χ4v) is 11.3. The topological polar surface area (TPSA) is 101 Å². The van der Waals surface area contributed by atoms with E-state index in [4.69, 9.17) is 19.9 Å². The number of nitrogens with zero attached hydrogens (tertiary/aromatic N) is 3. The van der Waals surface area contributed by atoms with Gasteiger partial charge in [0, 0.05) is 59.2 Å². The minimum Gasteiger partial charge on any atom is -0.508 e. The van der Waals surface area contributed by atoms with E-state index in [1.54, 1.807) is 0 Å². The molecule has 6 aromatic rings. The third-order valence-electron chi connectivity index (χ3n) is 15.7. The van der Waals surface area contributed by atoms with Crippen molar-refractivity contribution in [3.8, 4) is 23.0 Å². The Kier molecular flexibility index (Phi) is 25.0. The molecule has 0 heterocycles. The number of unbranched alkanes of at least 4 members (excludes halogenated alkanes) is 2. The normalized spacial score (nSPS) is 12.7. The second-order valence-corrected chi connectivity index (χ2v) is 24.0. The van der Waals surface area contributed by atoms with E-state index < -0.39 is 5.54 Å². The van der Waals surface area contributed by atoms with Crippen molar-refractivity contribution in [3.05, 3.63) is 190 Å². The second-order valence-electron chi connectivity index (χ2n) is 24.0. The van der Waals surface area contributed by atoms with Gasteiger partial charge in [0.15, 0.2) is 0 Å². The van der Waals surface area contributed by atoms with Gasteiger partial charge in [0.25, 0.3) is 0 Å². The van der Waals surface area contributed by atoms with Gasteiger partial charge in [-0.3, -0.25) is 9.80 Å². The lowest BCUT2D eigenvalue weighted by molar-refractivity contribution is 0.107. The number of phenolic OH excluding ortho intramolecular Hbond substituents is 1. The molecule has 9 heteroatoms. The van der Waals surface area contributed by atoms with Crippen LogP contribution in [0.2, 0.25) is 0 Å². The smallest absolute Gasteiger partial charge is 0.415 e. The molecule has 0 aliphatic rings. The summed E-state index contributed by atoms with van der Waals surface area (Å²) in [5.41, 5.74) is 14.5. The monoisotopic (exact) mass is 1090 g/mol. The number of carbonyl (C=O) groups is 1. The number of aromatic hydroxyl groups is 1. The number of carbonyl (C=O) groups excluding carboxylic acids is 1. The van der Waals surface area contributed by atoms with Crippen LogP contribution in [0.15, 0.2) is 146 Å². The van der Waals surface area contributed by atoms with Gasteiger partial charge in [0.05, 0.1) is 13.2 Å². The second kappa shape index (κ2) is 31.8. The number of amides is 1. The molecule has 6 rings (SSSR count). The third-order valence-corrected chi connectivity index (χ3v) is 15.7. The van der Waals surface area contributed by atoms with Gasteiger partial charge in [0.2, 0.25) is 0 Å². The Morgan fingerprint density at radius 3 is 1.38 bits per heavy atom. The minimum absolute atomic E-state index is 0.0140. The molecule has 2 atom stereocenters. The van der Waals surface area contributed by atoms with Gasteiger partial charge >= 0.3 is 6.09 Å². The fraction of sp³-hybridized carbons (Fsp3) is 0.479. The van der Waals surface area contributed by atoms with Crippen molar-refractivity contribution in [3.63, 3.8) is 0 Å². The van der Waals surface area contributed by atoms with E-state index >= 15 is 0 Å². The van der Waals surface area contributed by atoms with Crippen molar-refractivity contribution in [2.75, 3.05) is 39.4 Å². The van der Waals surface area contributed by atoms with Crippen molar-refractivity contribution < 1.29 is 24.1 Å². The van der Waals surface area contributed by atoms with Crippen molar-refractivity contribution in [1.82, 2.24) is 14.7 Å². The van der Waals surface area contributed by atoms with E-state index in [-0.39, 0.29) is 17.9 Å². The van der Waals surface area contributed by atoms with Gasteiger partial charge in [-0.05, 0) is 230 Å². The number of phenols is 1. The van der Waals surface area contributed by atoms with Gasteiger partial charge in [-0.15, -0.1) is 0 Å². The summed E-state index contributed by atoms with van der Waals surface area (Å²) in [5, 5.41) is 11.2. The number of rotatable bonds is 32. The van der Waals surface area contributed by atoms with E-state index in [9.17, 15) is 9.90 Å². The van der Waals surface area contributed by atoms with Crippen LogP contribution in [-0.4, -0.2) is 95.0 Å². The Balaban J connectivity index is 1.08. The molecule has 0 saturated carbocycles. The Labute approximate surface area is 482 Å². The summed E-state index contributed by atoms with van der Waals surface area (Å²) < 4.78 is 19.0. The fourth-order valence-electron chi connectivity index (χ4n) is 11.3. The molecular formula is C71H98N4O5. The Morgan fingerprint density at radius 2 is 0.925 bits per heavy atom. The van der Waals surface area contributed by atoms with Gasteiger partial charge in [-0.2, -0.15) is 0 Å². The van der Waals surface area contributed by atoms with Crippen molar-refractivity contribution >= 4 is 6.09 Å². The van der Waals surface area contributed by atoms with Crippen LogP contribution < -0.4 is 19.9 Å². The van der Waals surface area contributed by atoms with Gasteiger partial charge < -0.3 is 30.0 Å². The number of hydrogen-bond donors (Lipinski definition) is 2. The lowest BCUT2D eigenvalue weighted by Crippen LogP contribution is -2.48. The number of nitrogens with two attached hydrogens (primary N) is 1. The van der Waals surface area contributed by atoms with Crippen LogP contribution in [0, 0.1) is 0 Å². The van der Waals surface area contributed by atoms with Crippen molar-refractivity contribution in [1.29, 1.82) is 0 Å². The summed E-state index contributed by atoms with van der Waals surface area (Å²) in [6.45, 7) is 28.6. The highest BCUT2D eigenvalue weighted by molar-refractivity contribution is 5.72. The largest absolute Gasteiger partial charge is 0.508 e. The van der Waals surface area contributed by atoms with Gasteiger partial charge in [-0.1, -0.05) is 109 Å². The summed E-state index contributed by atoms with van der Waals surface area (Å²) in [6.07, 6.45) is 8.56. The van der Waals surface area contributed by atoms with E-state index in [2.05, 4.69) is 195 Å². The summed E-state index contributed by atoms with van der Waals surface area (Å²) in [5.74, 6) is 2.81. The molecule has 0 aliphatic heterocycles. The minimum atomic E-state index is -0.489. The van der Waals surface area contributed by atoms with Crippen LogP contribution in [-0.2, 0) is 25.7 Å². The molecule has 0 radical (unpaired) electrons. The predicted octanol–water partition coefficient (Wildman–Crippen LogP) is 15.8. The standard InChI is InChI=1S/C71H98N4O5/c1-52(2)73(53(3)4)45-42-64(60-24-14-12-15-25-60)66-50-58(32-38-68(66)76)22-18-20-48-79-63-36-30-57(31-37-63)41-47-75(71(9,10)11)70(77)80-69-39-33-59(23-19-21-49-78-62-34-28-56(29-35-62)40-44-72)51-67(69)65(61-26-16-13-17-27-61)43-46-74(54(5)6)55(7)8/h12-17,24-39,50-55,64-65,76H,18-23,40-49,72H2,1-11H3. The van der Waals surface area contributed by atoms with E-state index in [1.807, 2.05) is 41.3 Å². The van der Waals surface area contributed by atoms with E-state index in [0.717, 1.165) is 99.1 Å². The van der Waals surface area contributed by atoms with Crippen LogP contribution in [0.3, 0.4) is 0 Å². The number of aryl methyl sites for hydroxylation is 2. The molecule has 0 fully saturated rings. The number of benzene rings is 6. The average Bonchev–Trinajstić information content (AvgIpc) is 3.46. The molecule has 0 spiro atoms. The molecule has 3 N–H and O–H groups in total. The summed E-state index contributed by atoms with van der Waals surface area (Å²) in [4.78, 5) is 21.5. The quantitative estimate of drug-likeness (QED) is 0.0403. The molecule has 0 aromatic heterocycles. The lowest BCUT2D eigenvalue weighted by atomic mass is 9.86. The molecule has 0 aliphatic carbocycles. The highest BCUT2D eigenvalue weighted by Crippen LogP contribution is 2.38. The van der Waals surface area contributed by atoms with E-state index in [1.165, 1.54) is 27.8 Å². The van der Waals surface area contributed by atoms with Crippen LogP contribution >= 0.6 is 0 Å². The zero-order chi connectivity index (χ0) is 57.6. The highest BCUT2D eigenvalue weighted by Gasteiger charge is 2.30. The predicted molar refractivity (Wildman–Crippen MR) is 333 cm³/mol. The highest BCUT2D eigenvalue weighted by atomic mass is 16.6. The van der Waals surface area contributed by atoms with Crippen LogP contribution in [0.25, 0.3) is 0 Å². The molecule has 0 bridgehead atoms. The van der Waals surface area contributed by atoms with Crippen LogP contribution in [0.5, 0.6) is 23.0 Å². The first kappa shape index (κ1) is 63.1. The number of ether oxygens (including phenoxy) is 3. The maximum absolute atomic E-state index is 14.6. The summed E-state index contributed by atoms with van der Waals surface area (Å²) in [6, 6.07) is 52.2. The summed E-state index contributed by atoms with van der Waals surface area (Å²) >= 11 is 0. The molecule has 80 heavy (non-hydrogen) atoms. The molecule has 1 amide bonds. The lowest BCUT2D eigenvalue weighted by Gasteiger charge is -2.35. The first-order valence-electron chi connectivity index (χ1n) is 30.1. The molecular weight excluding hydrogens is 989 g/mol. The molecule has 2 unspecified atom stereocenters. The first-order chi connectivity index (χ1) is 38.4. The molecule has 432 valence electrons. The maximum atomic E-state index is 14.6. The zero-order valence-electron chi connectivity index (χ0n) is 50.6. The molecule has 0 saturated heterocycles. The van der Waals surface area contributed by atoms with Crippen molar-refractivity contribution in [2.45, 2.75) is 182 Å². The third kappa shape index (κ3) is 19.6. The maximum Gasteiger partial charge on any atom is 0.415 e. The van der Waals surface area contributed by atoms with Crippen LogP contribution in [0.1, 0.15) is 171 Å². The SMILES string of the molecule is CC(C)N(CCC(c1ccccc1)c1cc(CCCCOc2ccc(CCN(C(=O)Oc3ccc(CCCCOc4ccc(CCN)cc4)cc3C(CCN(C(C)C)C(C)C)c3ccccc3)C(C)(C)C)cc2)ccc1O)C(C)C. The van der Waals surface area contributed by atoms with E-state index in [0.29, 0.717) is 68.4 Å². The molecule has 9 nitrogen and oxygen atoms in total. The van der Waals surface area contributed by atoms with Crippen LogP contribution in [0.4, 0.5) is 4.79 Å². The van der Waals surface area contributed by atoms with Gasteiger partial charge in [-0.25, -0.2) is 4.79 Å². The summed E-state index contributed by atoms with van der Waals surface area (Å²) in [7, 11) is 0. The Hall–Kier alpha value is -6.13. The van der Waals surface area contributed by atoms with Crippen molar-refractivity contribution in [2.24, 2.45) is 5.73 Å². The van der Waals surface area contributed by atoms with Gasteiger partial charge in [0.1, 0.15) is 23.0 Å². The molecule has 6 aromatic carbocycles. The first-order valence-corrected chi connectivity index (χ1v) is 30.1. The zero-order valence-corrected chi connectivity index (χ0v) is 50.6. The Bertz CT molecular complexity index is 2700. The number of hydrogen-bond acceptors (Lipinski definition) is 8. The average molecular weight is 1090 g/mol. The Morgan fingerprint density at radius 1 is 0.500 bits per heavy atom.